The van der Waals surface area contributed by atoms with Crippen LogP contribution in [0.5, 0.6) is 0 Å². The number of imide groups is 1. The van der Waals surface area contributed by atoms with Crippen molar-refractivity contribution in [2.75, 3.05) is 10.2 Å². The van der Waals surface area contributed by atoms with Crippen molar-refractivity contribution in [3.63, 3.8) is 0 Å². The minimum atomic E-state index is -0.658. The maximum Gasteiger partial charge on any atom is 0.256 e. The van der Waals surface area contributed by atoms with Crippen LogP contribution in [-0.4, -0.2) is 17.9 Å². The number of anilines is 2. The van der Waals surface area contributed by atoms with Crippen molar-refractivity contribution in [2.24, 2.45) is 0 Å². The molecule has 1 aliphatic rings. The molecule has 1 saturated heterocycles. The molecule has 2 aromatic carbocycles. The molecule has 0 aromatic heterocycles. The van der Waals surface area contributed by atoms with Gasteiger partial charge in [0.25, 0.3) is 5.91 Å². The molecule has 3 rings (SSSR count). The molecule has 2 aromatic rings. The lowest BCUT2D eigenvalue weighted by molar-refractivity contribution is -0.121. The van der Waals surface area contributed by atoms with E-state index in [0.29, 0.717) is 0 Å². The second-order valence-corrected chi connectivity index (χ2v) is 5.78. The Hall–Kier alpha value is -2.21. The van der Waals surface area contributed by atoms with Gasteiger partial charge in [-0.15, -0.1) is 0 Å². The molecule has 4 nitrogen and oxygen atoms in total. The third kappa shape index (κ3) is 2.74. The maximum absolute atomic E-state index is 13.3. The van der Waals surface area contributed by atoms with Gasteiger partial charge in [-0.1, -0.05) is 18.2 Å². The number of nitrogens with one attached hydrogen (secondary N) is 1. The van der Waals surface area contributed by atoms with Gasteiger partial charge in [0.15, 0.2) is 0 Å². The maximum atomic E-state index is 13.3. The van der Waals surface area contributed by atoms with Crippen molar-refractivity contribution in [3.05, 3.63) is 58.8 Å². The number of halogens is 2. The van der Waals surface area contributed by atoms with Crippen LogP contribution in [0.15, 0.2) is 53.0 Å². The van der Waals surface area contributed by atoms with Gasteiger partial charge in [-0.3, -0.25) is 9.59 Å². The van der Waals surface area contributed by atoms with Gasteiger partial charge < -0.3 is 5.32 Å². The predicted molar refractivity (Wildman–Crippen MR) is 85.1 cm³/mol. The van der Waals surface area contributed by atoms with Gasteiger partial charge in [-0.2, -0.15) is 0 Å². The lowest BCUT2D eigenvalue weighted by atomic mass is 10.2. The quantitative estimate of drug-likeness (QED) is 0.852. The van der Waals surface area contributed by atoms with Gasteiger partial charge in [0, 0.05) is 10.2 Å². The summed E-state index contributed by atoms with van der Waals surface area (Å²) in [5.74, 6) is -1.22. The fraction of sp³-hybridized carbons (Fsp3) is 0.125. The zero-order chi connectivity index (χ0) is 15.7. The Morgan fingerprint density at radius 2 is 1.91 bits per heavy atom. The van der Waals surface area contributed by atoms with Gasteiger partial charge >= 0.3 is 0 Å². The summed E-state index contributed by atoms with van der Waals surface area (Å²) in [7, 11) is 0. The lowest BCUT2D eigenvalue weighted by Gasteiger charge is -2.16. The summed E-state index contributed by atoms with van der Waals surface area (Å²) in [6.45, 7) is 0. The van der Waals surface area contributed by atoms with Crippen LogP contribution in [-0.2, 0) is 9.59 Å². The van der Waals surface area contributed by atoms with Crippen LogP contribution < -0.4 is 10.2 Å². The topological polar surface area (TPSA) is 49.4 Å². The number of carbonyl (C=O) groups is 2. The van der Waals surface area contributed by atoms with Crippen molar-refractivity contribution in [1.82, 2.24) is 0 Å². The zero-order valence-corrected chi connectivity index (χ0v) is 13.0. The van der Waals surface area contributed by atoms with Gasteiger partial charge in [0.05, 0.1) is 12.1 Å². The molecule has 2 amide bonds. The van der Waals surface area contributed by atoms with Crippen LogP contribution in [0.2, 0.25) is 0 Å². The molecule has 0 aliphatic carbocycles. The van der Waals surface area contributed by atoms with E-state index in [4.69, 9.17) is 0 Å². The Balaban J connectivity index is 1.84. The first kappa shape index (κ1) is 14.7. The van der Waals surface area contributed by atoms with Crippen LogP contribution in [0.25, 0.3) is 0 Å². The summed E-state index contributed by atoms with van der Waals surface area (Å²) in [6.07, 6.45) is 0.0384. The highest BCUT2D eigenvalue weighted by atomic mass is 79.9. The first-order valence-corrected chi connectivity index (χ1v) is 7.49. The minimum Gasteiger partial charge on any atom is -0.372 e. The summed E-state index contributed by atoms with van der Waals surface area (Å²) in [6, 6.07) is 12.1. The molecule has 1 N–H and O–H groups in total. The van der Waals surface area contributed by atoms with E-state index in [1.54, 1.807) is 6.07 Å². The van der Waals surface area contributed by atoms with Crippen molar-refractivity contribution in [1.29, 1.82) is 0 Å². The molecule has 1 atom stereocenters. The smallest absolute Gasteiger partial charge is 0.256 e. The van der Waals surface area contributed by atoms with E-state index in [9.17, 15) is 14.0 Å². The first-order valence-electron chi connectivity index (χ1n) is 6.69. The average Bonchev–Trinajstić information content (AvgIpc) is 2.76. The number of amides is 2. The summed E-state index contributed by atoms with van der Waals surface area (Å²) in [5, 5.41) is 3.05. The second kappa shape index (κ2) is 5.88. The molecule has 1 unspecified atom stereocenters. The number of benzene rings is 2. The molecule has 22 heavy (non-hydrogen) atoms. The fourth-order valence-electron chi connectivity index (χ4n) is 2.40. The van der Waals surface area contributed by atoms with E-state index >= 15 is 0 Å². The van der Waals surface area contributed by atoms with E-state index in [-0.39, 0.29) is 23.9 Å². The Bertz CT molecular complexity index is 750. The molecule has 0 radical (unpaired) electrons. The number of hydrogen-bond donors (Lipinski definition) is 1. The molecule has 0 bridgehead atoms. The SMILES string of the molecule is O=C1CC(Nc2ccccc2Br)C(=O)N1c1cccc(F)c1. The molecule has 1 heterocycles. The number of hydrogen-bond acceptors (Lipinski definition) is 3. The number of rotatable bonds is 3. The second-order valence-electron chi connectivity index (χ2n) is 4.93. The molecule has 112 valence electrons. The minimum absolute atomic E-state index is 0.0384. The van der Waals surface area contributed by atoms with Crippen molar-refractivity contribution in [3.8, 4) is 0 Å². The Kier molecular flexibility index (Phi) is 3.94. The van der Waals surface area contributed by atoms with E-state index < -0.39 is 11.9 Å². The largest absolute Gasteiger partial charge is 0.372 e. The standard InChI is InChI=1S/C16H12BrFN2O2/c17-12-6-1-2-7-13(12)19-14-9-15(21)20(16(14)22)11-5-3-4-10(18)8-11/h1-8,14,19H,9H2. The Morgan fingerprint density at radius 1 is 1.14 bits per heavy atom. The van der Waals surface area contributed by atoms with Crippen molar-refractivity contribution >= 4 is 39.1 Å². The molecule has 1 aliphatic heterocycles. The third-order valence-electron chi connectivity index (χ3n) is 3.42. The van der Waals surface area contributed by atoms with Crippen LogP contribution in [0, 0.1) is 5.82 Å². The van der Waals surface area contributed by atoms with Gasteiger partial charge in [0.1, 0.15) is 11.9 Å². The van der Waals surface area contributed by atoms with Crippen LogP contribution in [0.1, 0.15) is 6.42 Å². The predicted octanol–water partition coefficient (Wildman–Crippen LogP) is 3.33. The first-order chi connectivity index (χ1) is 10.6. The van der Waals surface area contributed by atoms with Crippen molar-refractivity contribution < 1.29 is 14.0 Å². The number of carbonyl (C=O) groups excluding carboxylic acids is 2. The van der Waals surface area contributed by atoms with E-state index in [1.165, 1.54) is 18.2 Å². The van der Waals surface area contributed by atoms with Crippen molar-refractivity contribution in [2.45, 2.75) is 12.5 Å². The Labute approximate surface area is 135 Å². The van der Waals surface area contributed by atoms with Gasteiger partial charge in [-0.25, -0.2) is 9.29 Å². The van der Waals surface area contributed by atoms with Crippen LogP contribution in [0.4, 0.5) is 15.8 Å². The summed E-state index contributed by atoms with van der Waals surface area (Å²) in [5.41, 5.74) is 0.987. The summed E-state index contributed by atoms with van der Waals surface area (Å²) >= 11 is 3.39. The average molecular weight is 363 g/mol. The molecule has 0 saturated carbocycles. The summed E-state index contributed by atoms with van der Waals surface area (Å²) in [4.78, 5) is 25.6. The number of para-hydroxylation sites is 1. The summed E-state index contributed by atoms with van der Waals surface area (Å²) < 4.78 is 14.1. The molecule has 1 fully saturated rings. The zero-order valence-electron chi connectivity index (χ0n) is 11.4. The molecule has 0 spiro atoms. The van der Waals surface area contributed by atoms with E-state index in [1.807, 2.05) is 24.3 Å². The highest BCUT2D eigenvalue weighted by molar-refractivity contribution is 9.10. The highest BCUT2D eigenvalue weighted by Crippen LogP contribution is 2.28. The fourth-order valence-corrected chi connectivity index (χ4v) is 2.80. The highest BCUT2D eigenvalue weighted by Gasteiger charge is 2.39. The van der Waals surface area contributed by atoms with Crippen LogP contribution >= 0.6 is 15.9 Å². The van der Waals surface area contributed by atoms with Gasteiger partial charge in [0.2, 0.25) is 5.91 Å². The Morgan fingerprint density at radius 3 is 2.64 bits per heavy atom. The molecular formula is C16H12BrFN2O2. The van der Waals surface area contributed by atoms with E-state index in [2.05, 4.69) is 21.2 Å². The van der Waals surface area contributed by atoms with E-state index in [0.717, 1.165) is 15.1 Å². The van der Waals surface area contributed by atoms with Gasteiger partial charge in [-0.05, 0) is 46.3 Å². The lowest BCUT2D eigenvalue weighted by Crippen LogP contribution is -2.34. The number of nitrogens with zero attached hydrogens (tertiary/aromatic N) is 1. The molecule has 6 heteroatoms. The van der Waals surface area contributed by atoms with Crippen LogP contribution in [0.3, 0.4) is 0 Å². The molecular weight excluding hydrogens is 351 g/mol. The monoisotopic (exact) mass is 362 g/mol. The normalized spacial score (nSPS) is 17.9. The third-order valence-corrected chi connectivity index (χ3v) is 4.11.